The molecule has 0 aliphatic rings. The summed E-state index contributed by atoms with van der Waals surface area (Å²) in [5.41, 5.74) is -0.234. The molecule has 0 N–H and O–H groups in total. The standard InChI is InChI=1S/C14H17FO3/c1-9(2)13(16)17-10-6-7-12(11(15)8-10)18-14(3,4)5/h6-8H,1H2,2-5H3. The van der Waals surface area contributed by atoms with Crippen LogP contribution in [0.25, 0.3) is 0 Å². The van der Waals surface area contributed by atoms with E-state index in [0.717, 1.165) is 6.07 Å². The fraction of sp³-hybridized carbons (Fsp3) is 0.357. The first-order chi connectivity index (χ1) is 8.19. The van der Waals surface area contributed by atoms with Crippen LogP contribution in [-0.2, 0) is 4.79 Å². The predicted octanol–water partition coefficient (Wildman–Crippen LogP) is 3.48. The Bertz CT molecular complexity index is 472. The fourth-order valence-electron chi connectivity index (χ4n) is 1.15. The SMILES string of the molecule is C=C(C)C(=O)Oc1ccc(OC(C)(C)C)c(F)c1. The first-order valence-electron chi connectivity index (χ1n) is 5.55. The van der Waals surface area contributed by atoms with Crippen LogP contribution < -0.4 is 9.47 Å². The van der Waals surface area contributed by atoms with Gasteiger partial charge in [-0.2, -0.15) is 0 Å². The molecule has 98 valence electrons. The minimum absolute atomic E-state index is 0.123. The zero-order chi connectivity index (χ0) is 13.9. The normalized spacial score (nSPS) is 10.9. The molecule has 0 heterocycles. The van der Waals surface area contributed by atoms with E-state index in [1.807, 2.05) is 20.8 Å². The van der Waals surface area contributed by atoms with Gasteiger partial charge in [-0.25, -0.2) is 9.18 Å². The summed E-state index contributed by atoms with van der Waals surface area (Å²) in [7, 11) is 0. The molecule has 0 atom stereocenters. The monoisotopic (exact) mass is 252 g/mol. The predicted molar refractivity (Wildman–Crippen MR) is 67.2 cm³/mol. The van der Waals surface area contributed by atoms with Gasteiger partial charge in [0.2, 0.25) is 0 Å². The number of rotatable bonds is 3. The molecule has 0 bridgehead atoms. The number of halogens is 1. The number of benzene rings is 1. The van der Waals surface area contributed by atoms with Crippen molar-refractivity contribution in [3.63, 3.8) is 0 Å². The number of carbonyl (C=O) groups is 1. The van der Waals surface area contributed by atoms with Gasteiger partial charge in [0.25, 0.3) is 0 Å². The minimum atomic E-state index is -0.584. The van der Waals surface area contributed by atoms with Crippen molar-refractivity contribution in [1.29, 1.82) is 0 Å². The quantitative estimate of drug-likeness (QED) is 0.469. The second kappa shape index (κ2) is 5.21. The molecule has 0 unspecified atom stereocenters. The molecular formula is C14H17FO3. The third kappa shape index (κ3) is 4.20. The van der Waals surface area contributed by atoms with E-state index in [-0.39, 0.29) is 17.1 Å². The van der Waals surface area contributed by atoms with E-state index in [9.17, 15) is 9.18 Å². The van der Waals surface area contributed by atoms with Crippen LogP contribution in [0.3, 0.4) is 0 Å². The average molecular weight is 252 g/mol. The third-order valence-corrected chi connectivity index (χ3v) is 1.88. The van der Waals surface area contributed by atoms with Crippen molar-refractivity contribution < 1.29 is 18.7 Å². The van der Waals surface area contributed by atoms with E-state index in [1.54, 1.807) is 0 Å². The van der Waals surface area contributed by atoms with E-state index in [4.69, 9.17) is 9.47 Å². The van der Waals surface area contributed by atoms with Gasteiger partial charge in [0.05, 0.1) is 0 Å². The summed E-state index contributed by atoms with van der Waals surface area (Å²) in [5.74, 6) is -0.907. The molecule has 0 amide bonds. The first kappa shape index (κ1) is 14.2. The molecule has 0 aliphatic heterocycles. The van der Waals surface area contributed by atoms with Gasteiger partial charge >= 0.3 is 5.97 Å². The second-order valence-electron chi connectivity index (χ2n) is 4.98. The van der Waals surface area contributed by atoms with Gasteiger partial charge < -0.3 is 9.47 Å². The van der Waals surface area contributed by atoms with Crippen LogP contribution in [0.1, 0.15) is 27.7 Å². The lowest BCUT2D eigenvalue weighted by molar-refractivity contribution is -0.130. The Labute approximate surface area is 106 Å². The van der Waals surface area contributed by atoms with Crippen molar-refractivity contribution in [2.45, 2.75) is 33.3 Å². The third-order valence-electron chi connectivity index (χ3n) is 1.88. The van der Waals surface area contributed by atoms with E-state index >= 15 is 0 Å². The largest absolute Gasteiger partial charge is 0.485 e. The van der Waals surface area contributed by atoms with Crippen LogP contribution in [0.2, 0.25) is 0 Å². The molecule has 1 aromatic rings. The topological polar surface area (TPSA) is 35.5 Å². The summed E-state index contributed by atoms with van der Waals surface area (Å²) < 4.78 is 24.0. The molecule has 0 aromatic heterocycles. The highest BCUT2D eigenvalue weighted by Gasteiger charge is 2.16. The van der Waals surface area contributed by atoms with Crippen molar-refractivity contribution in [1.82, 2.24) is 0 Å². The molecule has 0 saturated carbocycles. The maximum Gasteiger partial charge on any atom is 0.338 e. The molecule has 0 aliphatic carbocycles. The number of hydrogen-bond acceptors (Lipinski definition) is 3. The zero-order valence-electron chi connectivity index (χ0n) is 11.0. The Balaban J connectivity index is 2.86. The molecule has 0 spiro atoms. The van der Waals surface area contributed by atoms with Crippen LogP contribution in [0, 0.1) is 5.82 Å². The molecule has 1 rings (SSSR count). The zero-order valence-corrected chi connectivity index (χ0v) is 11.0. The highest BCUT2D eigenvalue weighted by Crippen LogP contribution is 2.26. The van der Waals surface area contributed by atoms with Crippen LogP contribution in [0.15, 0.2) is 30.4 Å². The van der Waals surface area contributed by atoms with Crippen molar-refractivity contribution >= 4 is 5.97 Å². The van der Waals surface area contributed by atoms with Gasteiger partial charge in [0.15, 0.2) is 11.6 Å². The smallest absolute Gasteiger partial charge is 0.338 e. The summed E-state index contributed by atoms with van der Waals surface area (Å²) >= 11 is 0. The Morgan fingerprint density at radius 1 is 1.33 bits per heavy atom. The fourth-order valence-corrected chi connectivity index (χ4v) is 1.15. The number of carbonyl (C=O) groups excluding carboxylic acids is 1. The number of hydrogen-bond donors (Lipinski definition) is 0. The van der Waals surface area contributed by atoms with Gasteiger partial charge in [0, 0.05) is 11.6 Å². The second-order valence-corrected chi connectivity index (χ2v) is 4.98. The summed E-state index contributed by atoms with van der Waals surface area (Å²) in [6.45, 7) is 10.4. The van der Waals surface area contributed by atoms with Gasteiger partial charge in [-0.05, 0) is 39.8 Å². The molecular weight excluding hydrogens is 235 g/mol. The lowest BCUT2D eigenvalue weighted by atomic mass is 10.2. The highest BCUT2D eigenvalue weighted by molar-refractivity contribution is 5.88. The Morgan fingerprint density at radius 2 is 1.94 bits per heavy atom. The maximum absolute atomic E-state index is 13.7. The van der Waals surface area contributed by atoms with Crippen molar-refractivity contribution in [3.05, 3.63) is 36.2 Å². The Hall–Kier alpha value is -1.84. The van der Waals surface area contributed by atoms with Gasteiger partial charge in [-0.3, -0.25) is 0 Å². The molecule has 0 radical (unpaired) electrons. The van der Waals surface area contributed by atoms with E-state index in [0.29, 0.717) is 0 Å². The van der Waals surface area contributed by atoms with Crippen molar-refractivity contribution in [3.8, 4) is 11.5 Å². The van der Waals surface area contributed by atoms with E-state index in [2.05, 4.69) is 6.58 Å². The molecule has 3 nitrogen and oxygen atoms in total. The molecule has 0 fully saturated rings. The average Bonchev–Trinajstić information content (AvgIpc) is 2.20. The highest BCUT2D eigenvalue weighted by atomic mass is 19.1. The molecule has 0 saturated heterocycles. The summed E-state index contributed by atoms with van der Waals surface area (Å²) in [4.78, 5) is 11.3. The van der Waals surface area contributed by atoms with Gasteiger partial charge in [-0.15, -0.1) is 0 Å². The Morgan fingerprint density at radius 3 is 2.39 bits per heavy atom. The number of ether oxygens (including phenoxy) is 2. The van der Waals surface area contributed by atoms with E-state index < -0.39 is 17.4 Å². The minimum Gasteiger partial charge on any atom is -0.485 e. The summed E-state index contributed by atoms with van der Waals surface area (Å²) in [6.07, 6.45) is 0. The van der Waals surface area contributed by atoms with Crippen LogP contribution in [0.5, 0.6) is 11.5 Å². The molecule has 18 heavy (non-hydrogen) atoms. The van der Waals surface area contributed by atoms with Crippen molar-refractivity contribution in [2.75, 3.05) is 0 Å². The molecule has 1 aromatic carbocycles. The number of esters is 1. The van der Waals surface area contributed by atoms with Crippen LogP contribution >= 0.6 is 0 Å². The molecule has 4 heteroatoms. The summed E-state index contributed by atoms with van der Waals surface area (Å²) in [6, 6.07) is 4.02. The first-order valence-corrected chi connectivity index (χ1v) is 5.55. The lowest BCUT2D eigenvalue weighted by Crippen LogP contribution is -2.23. The lowest BCUT2D eigenvalue weighted by Gasteiger charge is -2.21. The summed E-state index contributed by atoms with van der Waals surface area (Å²) in [5, 5.41) is 0. The van der Waals surface area contributed by atoms with Crippen molar-refractivity contribution in [2.24, 2.45) is 0 Å². The van der Waals surface area contributed by atoms with Gasteiger partial charge in [0.1, 0.15) is 11.4 Å². The van der Waals surface area contributed by atoms with Gasteiger partial charge in [-0.1, -0.05) is 6.58 Å². The Kier molecular flexibility index (Phi) is 4.11. The van der Waals surface area contributed by atoms with Crippen LogP contribution in [-0.4, -0.2) is 11.6 Å². The van der Waals surface area contributed by atoms with Crippen LogP contribution in [0.4, 0.5) is 4.39 Å². The van der Waals surface area contributed by atoms with E-state index in [1.165, 1.54) is 19.1 Å². The maximum atomic E-state index is 13.7.